The third kappa shape index (κ3) is 3.55. The smallest absolute Gasteiger partial charge is 0.223 e. The van der Waals surface area contributed by atoms with Crippen LogP contribution >= 0.6 is 0 Å². The van der Waals surface area contributed by atoms with Crippen molar-refractivity contribution in [3.8, 4) is 22.8 Å². The van der Waals surface area contributed by atoms with E-state index in [4.69, 9.17) is 18.3 Å². The van der Waals surface area contributed by atoms with Crippen LogP contribution in [0.1, 0.15) is 28.5 Å². The van der Waals surface area contributed by atoms with E-state index in [0.29, 0.717) is 29.7 Å². The molecule has 0 bridgehead atoms. The molecule has 1 N–H and O–H groups in total. The summed E-state index contributed by atoms with van der Waals surface area (Å²) < 4.78 is 16.8. The molecule has 0 amide bonds. The van der Waals surface area contributed by atoms with Gasteiger partial charge in [0.2, 0.25) is 5.95 Å². The van der Waals surface area contributed by atoms with E-state index in [1.165, 1.54) is 0 Å². The highest BCUT2D eigenvalue weighted by Gasteiger charge is 2.17. The fourth-order valence-electron chi connectivity index (χ4n) is 3.13. The van der Waals surface area contributed by atoms with Crippen LogP contribution in [0, 0.1) is 27.7 Å². The van der Waals surface area contributed by atoms with Gasteiger partial charge in [-0.1, -0.05) is 5.16 Å². The minimum absolute atomic E-state index is 0.530. The van der Waals surface area contributed by atoms with Gasteiger partial charge in [-0.2, -0.15) is 0 Å². The molecule has 4 heterocycles. The lowest BCUT2D eigenvalue weighted by Crippen LogP contribution is -2.09. The predicted octanol–water partition coefficient (Wildman–Crippen LogP) is 4.87. The molecule has 4 aromatic rings. The van der Waals surface area contributed by atoms with E-state index in [0.717, 1.165) is 40.5 Å². The summed E-state index contributed by atoms with van der Waals surface area (Å²) in [4.78, 5) is 9.15. The molecule has 7 nitrogen and oxygen atoms in total. The Bertz CT molecular complexity index is 1090. The zero-order valence-corrected chi connectivity index (χ0v) is 16.4. The number of furan rings is 2. The zero-order valence-electron chi connectivity index (χ0n) is 16.4. The summed E-state index contributed by atoms with van der Waals surface area (Å²) in [6.07, 6.45) is 2.54. The molecule has 4 aromatic heterocycles. The maximum atomic E-state index is 5.81. The van der Waals surface area contributed by atoms with E-state index in [2.05, 4.69) is 15.5 Å². The molecule has 28 heavy (non-hydrogen) atoms. The highest BCUT2D eigenvalue weighted by molar-refractivity contribution is 5.76. The summed E-state index contributed by atoms with van der Waals surface area (Å²) in [5, 5.41) is 7.26. The molecule has 0 aliphatic carbocycles. The Balaban J connectivity index is 1.60. The number of rotatable bonds is 6. The van der Waals surface area contributed by atoms with E-state index in [1.807, 2.05) is 52.0 Å². The molecule has 0 spiro atoms. The lowest BCUT2D eigenvalue weighted by molar-refractivity contribution is 0.392. The van der Waals surface area contributed by atoms with Crippen LogP contribution in [0.25, 0.3) is 22.8 Å². The molecular formula is C21H22N4O3. The maximum Gasteiger partial charge on any atom is 0.223 e. The first kappa shape index (κ1) is 18.0. The summed E-state index contributed by atoms with van der Waals surface area (Å²) in [7, 11) is 0. The van der Waals surface area contributed by atoms with E-state index in [9.17, 15) is 0 Å². The van der Waals surface area contributed by atoms with Crippen molar-refractivity contribution in [2.45, 2.75) is 34.1 Å². The molecule has 4 rings (SSSR count). The van der Waals surface area contributed by atoms with Crippen LogP contribution in [0.2, 0.25) is 0 Å². The number of aromatic nitrogens is 3. The maximum absolute atomic E-state index is 5.81. The highest BCUT2D eigenvalue weighted by Crippen LogP contribution is 2.32. The largest absolute Gasteiger partial charge is 0.461 e. The zero-order chi connectivity index (χ0) is 19.7. The SMILES string of the molecule is Cc1ccc(-c2cnc(NCCc3c(C)noc3C)nc2-c2ccc(C)o2)o1. The third-order valence-electron chi connectivity index (χ3n) is 4.61. The summed E-state index contributed by atoms with van der Waals surface area (Å²) in [5.74, 6) is 4.42. The number of hydrogen-bond acceptors (Lipinski definition) is 7. The second-order valence-corrected chi connectivity index (χ2v) is 6.76. The van der Waals surface area contributed by atoms with Gasteiger partial charge in [-0.05, 0) is 58.4 Å². The Kier molecular flexibility index (Phi) is 4.73. The van der Waals surface area contributed by atoms with Crippen LogP contribution in [0.4, 0.5) is 5.95 Å². The van der Waals surface area contributed by atoms with E-state index >= 15 is 0 Å². The van der Waals surface area contributed by atoms with Crippen LogP contribution in [-0.2, 0) is 6.42 Å². The minimum Gasteiger partial charge on any atom is -0.461 e. The second-order valence-electron chi connectivity index (χ2n) is 6.76. The minimum atomic E-state index is 0.530. The first-order valence-electron chi connectivity index (χ1n) is 9.17. The highest BCUT2D eigenvalue weighted by atomic mass is 16.5. The van der Waals surface area contributed by atoms with Crippen molar-refractivity contribution >= 4 is 5.95 Å². The average Bonchev–Trinajstić information content (AvgIpc) is 3.38. The first-order chi connectivity index (χ1) is 13.5. The van der Waals surface area contributed by atoms with E-state index in [-0.39, 0.29) is 0 Å². The van der Waals surface area contributed by atoms with Crippen LogP contribution in [-0.4, -0.2) is 21.7 Å². The van der Waals surface area contributed by atoms with Crippen molar-refractivity contribution in [1.82, 2.24) is 15.1 Å². The number of anilines is 1. The van der Waals surface area contributed by atoms with Crippen LogP contribution in [0.15, 0.2) is 43.8 Å². The topological polar surface area (TPSA) is 90.1 Å². The van der Waals surface area contributed by atoms with Crippen LogP contribution in [0.5, 0.6) is 0 Å². The van der Waals surface area contributed by atoms with Gasteiger partial charge in [0.1, 0.15) is 28.7 Å². The average molecular weight is 378 g/mol. The lowest BCUT2D eigenvalue weighted by atomic mass is 10.1. The summed E-state index contributed by atoms with van der Waals surface area (Å²) >= 11 is 0. The lowest BCUT2D eigenvalue weighted by Gasteiger charge is -2.09. The summed E-state index contributed by atoms with van der Waals surface area (Å²) in [6, 6.07) is 7.66. The Hall–Kier alpha value is -3.35. The van der Waals surface area contributed by atoms with Crippen LogP contribution < -0.4 is 5.32 Å². The molecule has 0 aromatic carbocycles. The molecule has 0 fully saturated rings. The third-order valence-corrected chi connectivity index (χ3v) is 4.61. The van der Waals surface area contributed by atoms with Gasteiger partial charge in [0.15, 0.2) is 5.76 Å². The standard InChI is InChI=1S/C21H22N4O3/c1-12-5-7-18(26-12)17-11-23-21(24-20(17)19-8-6-13(2)27-19)22-10-9-16-14(3)25-28-15(16)4/h5-8,11H,9-10H2,1-4H3,(H,22,23,24). The fraction of sp³-hybridized carbons (Fsp3) is 0.286. The normalized spacial score (nSPS) is 11.1. The van der Waals surface area contributed by atoms with Gasteiger partial charge in [-0.15, -0.1) is 0 Å². The number of hydrogen-bond donors (Lipinski definition) is 1. The predicted molar refractivity (Wildman–Crippen MR) is 105 cm³/mol. The molecule has 7 heteroatoms. The van der Waals surface area contributed by atoms with Gasteiger partial charge in [0.05, 0.1) is 11.3 Å². The van der Waals surface area contributed by atoms with Gasteiger partial charge < -0.3 is 18.7 Å². The molecule has 144 valence electrons. The van der Waals surface area contributed by atoms with Gasteiger partial charge in [-0.25, -0.2) is 9.97 Å². The molecular weight excluding hydrogens is 356 g/mol. The summed E-state index contributed by atoms with van der Waals surface area (Å²) in [6.45, 7) is 8.34. The second kappa shape index (κ2) is 7.34. The first-order valence-corrected chi connectivity index (χ1v) is 9.17. The van der Waals surface area contributed by atoms with Crippen molar-refractivity contribution in [1.29, 1.82) is 0 Å². The monoisotopic (exact) mass is 378 g/mol. The molecule has 0 saturated carbocycles. The Morgan fingerprint density at radius 3 is 2.25 bits per heavy atom. The summed E-state index contributed by atoms with van der Waals surface area (Å²) in [5.41, 5.74) is 3.50. The Labute approximate surface area is 162 Å². The number of nitrogens with one attached hydrogen (secondary N) is 1. The van der Waals surface area contributed by atoms with Gasteiger partial charge in [-0.3, -0.25) is 0 Å². The molecule has 0 unspecified atom stereocenters. The number of aryl methyl sites for hydroxylation is 4. The molecule has 0 saturated heterocycles. The molecule has 0 atom stereocenters. The van der Waals surface area contributed by atoms with Crippen molar-refractivity contribution in [2.75, 3.05) is 11.9 Å². The van der Waals surface area contributed by atoms with Crippen LogP contribution in [0.3, 0.4) is 0 Å². The van der Waals surface area contributed by atoms with Crippen molar-refractivity contribution < 1.29 is 13.4 Å². The van der Waals surface area contributed by atoms with E-state index < -0.39 is 0 Å². The molecule has 0 aliphatic heterocycles. The Morgan fingerprint density at radius 2 is 1.64 bits per heavy atom. The van der Waals surface area contributed by atoms with Crippen molar-refractivity contribution in [2.24, 2.45) is 0 Å². The Morgan fingerprint density at radius 1 is 0.929 bits per heavy atom. The van der Waals surface area contributed by atoms with Gasteiger partial charge in [0.25, 0.3) is 0 Å². The molecule has 0 radical (unpaired) electrons. The van der Waals surface area contributed by atoms with Crippen molar-refractivity contribution in [3.05, 3.63) is 59.0 Å². The van der Waals surface area contributed by atoms with Gasteiger partial charge >= 0.3 is 0 Å². The quantitative estimate of drug-likeness (QED) is 0.512. The van der Waals surface area contributed by atoms with Crippen molar-refractivity contribution in [3.63, 3.8) is 0 Å². The van der Waals surface area contributed by atoms with Gasteiger partial charge in [0, 0.05) is 18.3 Å². The molecule has 0 aliphatic rings. The van der Waals surface area contributed by atoms with E-state index in [1.54, 1.807) is 6.20 Å². The fourth-order valence-corrected chi connectivity index (χ4v) is 3.13. The number of nitrogens with zero attached hydrogens (tertiary/aromatic N) is 3.